The molecule has 70 valence electrons. The van der Waals surface area contributed by atoms with Gasteiger partial charge in [-0.3, -0.25) is 4.79 Å². The predicted molar refractivity (Wildman–Crippen MR) is 49.9 cm³/mol. The quantitative estimate of drug-likeness (QED) is 0.633. The number of nitrogens with zero attached hydrogens (tertiary/aromatic N) is 1. The molecule has 0 radical (unpaired) electrons. The van der Waals surface area contributed by atoms with E-state index < -0.39 is 0 Å². The van der Waals surface area contributed by atoms with E-state index in [1.807, 2.05) is 4.90 Å². The fourth-order valence-corrected chi connectivity index (χ4v) is 1.98. The average Bonchev–Trinajstić information content (AvgIpc) is 2.51. The number of hydrogen-bond acceptors (Lipinski definition) is 1. The van der Waals surface area contributed by atoms with Crippen LogP contribution >= 0.6 is 0 Å². The first-order valence-electron chi connectivity index (χ1n) is 4.99. The Morgan fingerprint density at radius 3 is 2.42 bits per heavy atom. The maximum atomic E-state index is 11.1. The number of carbonyl (C=O) groups excluding carboxylic acids is 1. The van der Waals surface area contributed by atoms with E-state index in [1.165, 1.54) is 25.7 Å². The fraction of sp³-hybridized carbons (Fsp3) is 0.900. The van der Waals surface area contributed by atoms with Crippen molar-refractivity contribution in [3.63, 3.8) is 0 Å². The van der Waals surface area contributed by atoms with Crippen LogP contribution in [-0.4, -0.2) is 23.9 Å². The van der Waals surface area contributed by atoms with Gasteiger partial charge in [-0.1, -0.05) is 12.8 Å². The van der Waals surface area contributed by atoms with E-state index in [4.69, 9.17) is 0 Å². The topological polar surface area (TPSA) is 20.3 Å². The van der Waals surface area contributed by atoms with E-state index in [1.54, 1.807) is 6.92 Å². The van der Waals surface area contributed by atoms with Crippen molar-refractivity contribution >= 4 is 5.91 Å². The summed E-state index contributed by atoms with van der Waals surface area (Å²) in [5.74, 6) is 1.01. The molecule has 1 aliphatic carbocycles. The second-order valence-electron chi connectivity index (χ2n) is 3.71. The van der Waals surface area contributed by atoms with Crippen molar-refractivity contribution in [1.82, 2.24) is 4.90 Å². The third kappa shape index (κ3) is 2.50. The zero-order valence-corrected chi connectivity index (χ0v) is 8.18. The summed E-state index contributed by atoms with van der Waals surface area (Å²) >= 11 is 0. The number of rotatable bonds is 3. The van der Waals surface area contributed by atoms with Gasteiger partial charge in [-0.25, -0.2) is 0 Å². The van der Waals surface area contributed by atoms with Crippen LogP contribution in [0.1, 0.15) is 39.5 Å². The predicted octanol–water partition coefficient (Wildman–Crippen LogP) is 2.04. The molecule has 0 aromatic heterocycles. The van der Waals surface area contributed by atoms with Crippen LogP contribution in [0.5, 0.6) is 0 Å². The SMILES string of the molecule is CCN(CC1CCCC1)C(C)=O. The van der Waals surface area contributed by atoms with Gasteiger partial charge in [-0.15, -0.1) is 0 Å². The van der Waals surface area contributed by atoms with Gasteiger partial charge < -0.3 is 4.90 Å². The highest BCUT2D eigenvalue weighted by atomic mass is 16.2. The van der Waals surface area contributed by atoms with Crippen molar-refractivity contribution in [3.05, 3.63) is 0 Å². The molecule has 0 atom stereocenters. The number of hydrogen-bond donors (Lipinski definition) is 0. The molecule has 0 saturated heterocycles. The minimum atomic E-state index is 0.226. The molecular weight excluding hydrogens is 150 g/mol. The van der Waals surface area contributed by atoms with Crippen LogP contribution in [0.25, 0.3) is 0 Å². The summed E-state index contributed by atoms with van der Waals surface area (Å²) in [5, 5.41) is 0. The molecule has 0 heterocycles. The summed E-state index contributed by atoms with van der Waals surface area (Å²) in [6, 6.07) is 0. The largest absolute Gasteiger partial charge is 0.343 e. The van der Waals surface area contributed by atoms with Crippen LogP contribution in [0, 0.1) is 5.92 Å². The third-order valence-electron chi connectivity index (χ3n) is 2.78. The van der Waals surface area contributed by atoms with Gasteiger partial charge in [0, 0.05) is 20.0 Å². The van der Waals surface area contributed by atoms with Crippen LogP contribution in [-0.2, 0) is 4.79 Å². The van der Waals surface area contributed by atoms with Gasteiger partial charge in [-0.05, 0) is 25.7 Å². The Balaban J connectivity index is 2.30. The lowest BCUT2D eigenvalue weighted by atomic mass is 10.1. The summed E-state index contributed by atoms with van der Waals surface area (Å²) in [6.45, 7) is 5.58. The second-order valence-corrected chi connectivity index (χ2v) is 3.71. The zero-order valence-electron chi connectivity index (χ0n) is 8.18. The van der Waals surface area contributed by atoms with Crippen LogP contribution in [0.2, 0.25) is 0 Å². The Morgan fingerprint density at radius 1 is 1.42 bits per heavy atom. The van der Waals surface area contributed by atoms with Gasteiger partial charge in [0.25, 0.3) is 0 Å². The molecule has 2 heteroatoms. The van der Waals surface area contributed by atoms with Crippen LogP contribution in [0.4, 0.5) is 0 Å². The van der Waals surface area contributed by atoms with Crippen LogP contribution < -0.4 is 0 Å². The molecule has 1 aliphatic rings. The molecule has 0 aromatic carbocycles. The molecule has 0 N–H and O–H groups in total. The molecule has 0 bridgehead atoms. The van der Waals surface area contributed by atoms with E-state index in [0.29, 0.717) is 0 Å². The highest BCUT2D eigenvalue weighted by Gasteiger charge is 2.18. The Labute approximate surface area is 74.9 Å². The number of carbonyl (C=O) groups is 1. The van der Waals surface area contributed by atoms with E-state index in [0.717, 1.165) is 19.0 Å². The summed E-state index contributed by atoms with van der Waals surface area (Å²) in [6.07, 6.45) is 5.37. The summed E-state index contributed by atoms with van der Waals surface area (Å²) < 4.78 is 0. The molecule has 0 spiro atoms. The maximum absolute atomic E-state index is 11.1. The molecule has 1 amide bonds. The van der Waals surface area contributed by atoms with Gasteiger partial charge in [-0.2, -0.15) is 0 Å². The van der Waals surface area contributed by atoms with E-state index >= 15 is 0 Å². The Kier molecular flexibility index (Phi) is 3.57. The normalized spacial score (nSPS) is 18.2. The Morgan fingerprint density at radius 2 is 2.00 bits per heavy atom. The molecule has 12 heavy (non-hydrogen) atoms. The maximum Gasteiger partial charge on any atom is 0.219 e. The minimum Gasteiger partial charge on any atom is -0.343 e. The van der Waals surface area contributed by atoms with E-state index in [-0.39, 0.29) is 5.91 Å². The highest BCUT2D eigenvalue weighted by Crippen LogP contribution is 2.25. The molecule has 2 nitrogen and oxygen atoms in total. The molecule has 0 unspecified atom stereocenters. The molecule has 0 aliphatic heterocycles. The molecule has 1 fully saturated rings. The van der Waals surface area contributed by atoms with Crippen LogP contribution in [0.15, 0.2) is 0 Å². The first-order chi connectivity index (χ1) is 5.74. The number of amides is 1. The zero-order chi connectivity index (χ0) is 8.97. The first kappa shape index (κ1) is 9.56. The lowest BCUT2D eigenvalue weighted by Gasteiger charge is -2.22. The van der Waals surface area contributed by atoms with E-state index in [2.05, 4.69) is 6.92 Å². The molecular formula is C10H19NO. The lowest BCUT2D eigenvalue weighted by Crippen LogP contribution is -2.32. The summed E-state index contributed by atoms with van der Waals surface area (Å²) in [7, 11) is 0. The monoisotopic (exact) mass is 169 g/mol. The van der Waals surface area contributed by atoms with Gasteiger partial charge in [0.15, 0.2) is 0 Å². The Hall–Kier alpha value is -0.530. The van der Waals surface area contributed by atoms with Crippen molar-refractivity contribution in [2.45, 2.75) is 39.5 Å². The third-order valence-corrected chi connectivity index (χ3v) is 2.78. The van der Waals surface area contributed by atoms with Gasteiger partial charge >= 0.3 is 0 Å². The highest BCUT2D eigenvalue weighted by molar-refractivity contribution is 5.73. The Bertz CT molecular complexity index is 150. The standard InChI is InChI=1S/C10H19NO/c1-3-11(9(2)12)8-10-6-4-5-7-10/h10H,3-8H2,1-2H3. The minimum absolute atomic E-state index is 0.226. The summed E-state index contributed by atoms with van der Waals surface area (Å²) in [5.41, 5.74) is 0. The second kappa shape index (κ2) is 4.48. The van der Waals surface area contributed by atoms with Crippen molar-refractivity contribution < 1.29 is 4.79 Å². The van der Waals surface area contributed by atoms with Crippen molar-refractivity contribution in [2.24, 2.45) is 5.92 Å². The molecule has 0 aromatic rings. The fourth-order valence-electron chi connectivity index (χ4n) is 1.98. The lowest BCUT2D eigenvalue weighted by molar-refractivity contribution is -0.129. The van der Waals surface area contributed by atoms with Crippen LogP contribution in [0.3, 0.4) is 0 Å². The van der Waals surface area contributed by atoms with Crippen molar-refractivity contribution in [1.29, 1.82) is 0 Å². The molecule has 1 rings (SSSR count). The van der Waals surface area contributed by atoms with Crippen molar-refractivity contribution in [3.8, 4) is 0 Å². The smallest absolute Gasteiger partial charge is 0.219 e. The van der Waals surface area contributed by atoms with E-state index in [9.17, 15) is 4.79 Å². The first-order valence-corrected chi connectivity index (χ1v) is 4.99. The van der Waals surface area contributed by atoms with Gasteiger partial charge in [0.2, 0.25) is 5.91 Å². The molecule has 1 saturated carbocycles. The van der Waals surface area contributed by atoms with Crippen molar-refractivity contribution in [2.75, 3.05) is 13.1 Å². The van der Waals surface area contributed by atoms with Gasteiger partial charge in [0.05, 0.1) is 0 Å². The average molecular weight is 169 g/mol. The van der Waals surface area contributed by atoms with Gasteiger partial charge in [0.1, 0.15) is 0 Å². The summed E-state index contributed by atoms with van der Waals surface area (Å²) in [4.78, 5) is 13.0.